The highest BCUT2D eigenvalue weighted by molar-refractivity contribution is 7.91. The third-order valence-corrected chi connectivity index (χ3v) is 5.19. The van der Waals surface area contributed by atoms with Gasteiger partial charge in [-0.1, -0.05) is 18.2 Å². The van der Waals surface area contributed by atoms with Crippen molar-refractivity contribution < 1.29 is 13.2 Å². The SMILES string of the molecule is CC(=O)Nc1ccccc1CNC1CCCS(=O)(=O)C1. The number of anilines is 1. The molecule has 0 bridgehead atoms. The van der Waals surface area contributed by atoms with E-state index in [2.05, 4.69) is 10.6 Å². The van der Waals surface area contributed by atoms with E-state index in [9.17, 15) is 13.2 Å². The molecule has 1 aliphatic heterocycles. The van der Waals surface area contributed by atoms with Gasteiger partial charge in [0.05, 0.1) is 11.5 Å². The smallest absolute Gasteiger partial charge is 0.221 e. The van der Waals surface area contributed by atoms with E-state index in [1.165, 1.54) is 6.92 Å². The molecule has 2 N–H and O–H groups in total. The van der Waals surface area contributed by atoms with E-state index in [1.807, 2.05) is 24.3 Å². The first-order chi connectivity index (χ1) is 9.46. The fraction of sp³-hybridized carbons (Fsp3) is 0.500. The maximum Gasteiger partial charge on any atom is 0.221 e. The molecule has 1 fully saturated rings. The second kappa shape index (κ2) is 6.37. The summed E-state index contributed by atoms with van der Waals surface area (Å²) in [6.07, 6.45) is 1.59. The van der Waals surface area contributed by atoms with Crippen molar-refractivity contribution in [3.05, 3.63) is 29.8 Å². The predicted molar refractivity (Wildman–Crippen MR) is 79.3 cm³/mol. The van der Waals surface area contributed by atoms with Crippen molar-refractivity contribution >= 4 is 21.4 Å². The summed E-state index contributed by atoms with van der Waals surface area (Å²) in [5, 5.41) is 6.06. The van der Waals surface area contributed by atoms with Gasteiger partial charge < -0.3 is 10.6 Å². The lowest BCUT2D eigenvalue weighted by molar-refractivity contribution is -0.114. The van der Waals surface area contributed by atoms with Crippen LogP contribution in [0.5, 0.6) is 0 Å². The molecule has 1 aromatic rings. The fourth-order valence-corrected chi connectivity index (χ4v) is 4.09. The van der Waals surface area contributed by atoms with E-state index >= 15 is 0 Å². The number of rotatable bonds is 4. The summed E-state index contributed by atoms with van der Waals surface area (Å²) < 4.78 is 23.2. The largest absolute Gasteiger partial charge is 0.326 e. The Bertz CT molecular complexity index is 584. The van der Waals surface area contributed by atoms with Gasteiger partial charge in [-0.3, -0.25) is 4.79 Å². The van der Waals surface area contributed by atoms with Crippen LogP contribution in [0.2, 0.25) is 0 Å². The van der Waals surface area contributed by atoms with Gasteiger partial charge in [0.1, 0.15) is 0 Å². The molecule has 1 heterocycles. The van der Waals surface area contributed by atoms with Gasteiger partial charge in [-0.2, -0.15) is 0 Å². The van der Waals surface area contributed by atoms with E-state index in [1.54, 1.807) is 0 Å². The molecule has 0 aromatic heterocycles. The lowest BCUT2D eigenvalue weighted by atomic mass is 10.1. The molecule has 1 saturated heterocycles. The highest BCUT2D eigenvalue weighted by Crippen LogP contribution is 2.17. The molecule has 5 nitrogen and oxygen atoms in total. The number of para-hydroxylation sites is 1. The van der Waals surface area contributed by atoms with Crippen LogP contribution in [-0.4, -0.2) is 31.9 Å². The number of carbonyl (C=O) groups is 1. The summed E-state index contributed by atoms with van der Waals surface area (Å²) >= 11 is 0. The predicted octanol–water partition coefficient (Wildman–Crippen LogP) is 1.31. The topological polar surface area (TPSA) is 75.3 Å². The van der Waals surface area contributed by atoms with Crippen LogP contribution in [-0.2, 0) is 21.2 Å². The first-order valence-electron chi connectivity index (χ1n) is 6.75. The molecule has 0 radical (unpaired) electrons. The van der Waals surface area contributed by atoms with Gasteiger partial charge >= 0.3 is 0 Å². The Labute approximate surface area is 119 Å². The number of amides is 1. The monoisotopic (exact) mass is 296 g/mol. The second-order valence-corrected chi connectivity index (χ2v) is 7.40. The van der Waals surface area contributed by atoms with Crippen LogP contribution >= 0.6 is 0 Å². The average molecular weight is 296 g/mol. The maximum atomic E-state index is 11.6. The van der Waals surface area contributed by atoms with Crippen molar-refractivity contribution in [2.24, 2.45) is 0 Å². The maximum absolute atomic E-state index is 11.6. The Morgan fingerprint density at radius 1 is 1.35 bits per heavy atom. The van der Waals surface area contributed by atoms with Crippen LogP contribution in [0.3, 0.4) is 0 Å². The Hall–Kier alpha value is -1.40. The molecule has 1 unspecified atom stereocenters. The lowest BCUT2D eigenvalue weighted by Gasteiger charge is -2.23. The first-order valence-corrected chi connectivity index (χ1v) is 8.58. The van der Waals surface area contributed by atoms with E-state index < -0.39 is 9.84 Å². The van der Waals surface area contributed by atoms with Gasteiger partial charge in [-0.05, 0) is 24.5 Å². The van der Waals surface area contributed by atoms with Gasteiger partial charge in [0, 0.05) is 25.2 Å². The van der Waals surface area contributed by atoms with Gasteiger partial charge in [0.2, 0.25) is 5.91 Å². The summed E-state index contributed by atoms with van der Waals surface area (Å²) in [6, 6.07) is 7.53. The molecule has 2 rings (SSSR count). The third-order valence-electron chi connectivity index (χ3n) is 3.37. The highest BCUT2D eigenvalue weighted by Gasteiger charge is 2.24. The van der Waals surface area contributed by atoms with Crippen molar-refractivity contribution in [3.8, 4) is 0 Å². The number of hydrogen-bond donors (Lipinski definition) is 2. The lowest BCUT2D eigenvalue weighted by Crippen LogP contribution is -2.39. The molecule has 0 spiro atoms. The van der Waals surface area contributed by atoms with Gasteiger partial charge in [-0.25, -0.2) is 8.42 Å². The van der Waals surface area contributed by atoms with Crippen molar-refractivity contribution in [2.75, 3.05) is 16.8 Å². The number of carbonyl (C=O) groups excluding carboxylic acids is 1. The van der Waals surface area contributed by atoms with E-state index in [4.69, 9.17) is 0 Å². The summed E-state index contributed by atoms with van der Waals surface area (Å²) in [5.74, 6) is 0.390. The molecule has 0 aliphatic carbocycles. The van der Waals surface area contributed by atoms with E-state index in [0.717, 1.165) is 17.7 Å². The zero-order chi connectivity index (χ0) is 14.6. The summed E-state index contributed by atoms with van der Waals surface area (Å²) in [6.45, 7) is 2.02. The van der Waals surface area contributed by atoms with Crippen LogP contribution in [0.25, 0.3) is 0 Å². The van der Waals surface area contributed by atoms with E-state index in [-0.39, 0.29) is 17.7 Å². The number of hydrogen-bond acceptors (Lipinski definition) is 4. The molecule has 1 amide bonds. The van der Waals surface area contributed by atoms with Crippen LogP contribution in [0.15, 0.2) is 24.3 Å². The number of sulfone groups is 1. The minimum Gasteiger partial charge on any atom is -0.326 e. The van der Waals surface area contributed by atoms with Gasteiger partial charge in [0.15, 0.2) is 9.84 Å². The summed E-state index contributed by atoms with van der Waals surface area (Å²) in [4.78, 5) is 11.1. The van der Waals surface area contributed by atoms with Gasteiger partial charge in [-0.15, -0.1) is 0 Å². The summed E-state index contributed by atoms with van der Waals surface area (Å²) in [5.41, 5.74) is 1.73. The van der Waals surface area contributed by atoms with E-state index in [0.29, 0.717) is 18.7 Å². The molecular formula is C14H20N2O3S. The van der Waals surface area contributed by atoms with Crippen molar-refractivity contribution in [3.63, 3.8) is 0 Å². The molecule has 0 saturated carbocycles. The third kappa shape index (κ3) is 4.31. The second-order valence-electron chi connectivity index (χ2n) is 5.17. The Morgan fingerprint density at radius 3 is 2.80 bits per heavy atom. The minimum atomic E-state index is -2.90. The molecular weight excluding hydrogens is 276 g/mol. The van der Waals surface area contributed by atoms with Crippen LogP contribution in [0.4, 0.5) is 5.69 Å². The Kier molecular flexibility index (Phi) is 4.77. The molecule has 1 atom stereocenters. The zero-order valence-corrected chi connectivity index (χ0v) is 12.4. The van der Waals surface area contributed by atoms with Crippen LogP contribution in [0, 0.1) is 0 Å². The highest BCUT2D eigenvalue weighted by atomic mass is 32.2. The van der Waals surface area contributed by atoms with Crippen LogP contribution < -0.4 is 10.6 Å². The average Bonchev–Trinajstić information content (AvgIpc) is 2.36. The van der Waals surface area contributed by atoms with Crippen molar-refractivity contribution in [1.29, 1.82) is 0 Å². The van der Waals surface area contributed by atoms with Crippen LogP contribution in [0.1, 0.15) is 25.3 Å². The van der Waals surface area contributed by atoms with Gasteiger partial charge in [0.25, 0.3) is 0 Å². The number of benzene rings is 1. The molecule has 6 heteroatoms. The quantitative estimate of drug-likeness (QED) is 0.878. The Morgan fingerprint density at radius 2 is 2.10 bits per heavy atom. The zero-order valence-electron chi connectivity index (χ0n) is 11.6. The normalized spacial score (nSPS) is 21.4. The fourth-order valence-electron chi connectivity index (χ4n) is 2.42. The van der Waals surface area contributed by atoms with Crippen molar-refractivity contribution in [2.45, 2.75) is 32.4 Å². The number of nitrogens with one attached hydrogen (secondary N) is 2. The standard InChI is InChI=1S/C14H20N2O3S/c1-11(17)16-14-7-3-2-5-12(14)9-15-13-6-4-8-20(18,19)10-13/h2-3,5,7,13,15H,4,6,8-10H2,1H3,(H,16,17). The minimum absolute atomic E-state index is 0.000802. The first kappa shape index (κ1) is 15.0. The summed E-state index contributed by atoms with van der Waals surface area (Å²) in [7, 11) is -2.90. The van der Waals surface area contributed by atoms with Crippen molar-refractivity contribution in [1.82, 2.24) is 5.32 Å². The molecule has 1 aromatic carbocycles. The Balaban J connectivity index is 1.98. The molecule has 1 aliphatic rings. The molecule has 20 heavy (non-hydrogen) atoms. The molecule has 110 valence electrons.